The van der Waals surface area contributed by atoms with Crippen molar-refractivity contribution < 1.29 is 9.53 Å². The molecule has 2 heteroatoms. The van der Waals surface area contributed by atoms with Crippen LogP contribution in [0.25, 0.3) is 0 Å². The molecule has 1 rings (SSSR count). The summed E-state index contributed by atoms with van der Waals surface area (Å²) in [4.78, 5) is 11.9. The van der Waals surface area contributed by atoms with Crippen molar-refractivity contribution in [3.05, 3.63) is 23.0 Å². The fourth-order valence-electron chi connectivity index (χ4n) is 3.72. The molecule has 1 aliphatic rings. The van der Waals surface area contributed by atoms with Crippen molar-refractivity contribution in [2.24, 2.45) is 17.8 Å². The van der Waals surface area contributed by atoms with Crippen LogP contribution in [0.2, 0.25) is 0 Å². The number of ether oxygens (including phenoxy) is 1. The lowest BCUT2D eigenvalue weighted by Crippen LogP contribution is -2.12. The van der Waals surface area contributed by atoms with E-state index >= 15 is 0 Å². The Morgan fingerprint density at radius 3 is 2.36 bits per heavy atom. The lowest BCUT2D eigenvalue weighted by atomic mass is 9.87. The molecule has 2 nitrogen and oxygen atoms in total. The zero-order chi connectivity index (χ0) is 16.9. The zero-order valence-electron chi connectivity index (χ0n) is 15.5. The van der Waals surface area contributed by atoms with E-state index in [-0.39, 0.29) is 11.9 Å². The summed E-state index contributed by atoms with van der Waals surface area (Å²) < 4.78 is 5.71. The van der Waals surface area contributed by atoms with Gasteiger partial charge in [0.05, 0.1) is 0 Å². The number of Topliss-reactive ketones (excluding diaryl/α,β-unsaturated/α-hetero) is 1. The van der Waals surface area contributed by atoms with Crippen molar-refractivity contribution >= 4 is 5.78 Å². The van der Waals surface area contributed by atoms with Crippen molar-refractivity contribution in [2.75, 3.05) is 0 Å². The largest absolute Gasteiger partial charge is 0.482 e. The highest BCUT2D eigenvalue weighted by molar-refractivity contribution is 6.01. The molecule has 0 saturated heterocycles. The lowest BCUT2D eigenvalue weighted by Gasteiger charge is -2.19. The van der Waals surface area contributed by atoms with E-state index in [1.165, 1.54) is 25.7 Å². The molecule has 0 spiro atoms. The Balaban J connectivity index is 2.59. The number of carbonyl (C=O) groups is 1. The van der Waals surface area contributed by atoms with E-state index in [0.29, 0.717) is 5.92 Å². The summed E-state index contributed by atoms with van der Waals surface area (Å²) in [5.41, 5.74) is 1.88. The molecule has 0 radical (unpaired) electrons. The van der Waals surface area contributed by atoms with Gasteiger partial charge in [-0.1, -0.05) is 46.6 Å². The molecule has 0 aromatic rings. The monoisotopic (exact) mass is 306 g/mol. The molecule has 4 atom stereocenters. The molecule has 0 bridgehead atoms. The third-order valence-corrected chi connectivity index (χ3v) is 4.63. The molecule has 0 aliphatic carbocycles. The van der Waals surface area contributed by atoms with E-state index < -0.39 is 0 Å². The summed E-state index contributed by atoms with van der Waals surface area (Å²) >= 11 is 0. The van der Waals surface area contributed by atoms with E-state index in [0.717, 1.165) is 28.7 Å². The molecular weight excluding hydrogens is 272 g/mol. The van der Waals surface area contributed by atoms with Crippen molar-refractivity contribution in [3.8, 4) is 0 Å². The molecular formula is C20H34O2. The van der Waals surface area contributed by atoms with Crippen LogP contribution in [0.3, 0.4) is 0 Å². The topological polar surface area (TPSA) is 26.3 Å². The molecule has 22 heavy (non-hydrogen) atoms. The van der Waals surface area contributed by atoms with Crippen LogP contribution in [-0.4, -0.2) is 11.9 Å². The van der Waals surface area contributed by atoms with Gasteiger partial charge < -0.3 is 4.74 Å². The number of rotatable bonds is 8. The number of carbonyl (C=O) groups excluding carboxylic acids is 1. The standard InChI is InChI=1S/C20H34O2/c1-8-9-13(2)10-14(3)11-15(4)12-16(5)20-17(6)19(21)18(7)22-20/h12-15,18H,8-11H2,1-7H3/b16-12+/t13-,14-,15-,18+/m0/s1. The molecule has 126 valence electrons. The van der Waals surface area contributed by atoms with Crippen molar-refractivity contribution in [2.45, 2.75) is 80.3 Å². The van der Waals surface area contributed by atoms with Gasteiger partial charge in [-0.2, -0.15) is 0 Å². The van der Waals surface area contributed by atoms with Crippen LogP contribution in [0.15, 0.2) is 23.0 Å². The smallest absolute Gasteiger partial charge is 0.202 e. The van der Waals surface area contributed by atoms with Gasteiger partial charge in [-0.05, 0) is 56.9 Å². The van der Waals surface area contributed by atoms with Crippen LogP contribution in [0, 0.1) is 17.8 Å². The van der Waals surface area contributed by atoms with Crippen LogP contribution in [0.4, 0.5) is 0 Å². The van der Waals surface area contributed by atoms with Crippen LogP contribution in [0.5, 0.6) is 0 Å². The van der Waals surface area contributed by atoms with Gasteiger partial charge in [-0.15, -0.1) is 0 Å². The molecule has 0 aromatic carbocycles. The SMILES string of the molecule is CCC[C@H](C)C[C@H](C)C[C@H](C)/C=C(\C)C1=C(C)C(=O)[C@@H](C)O1. The third kappa shape index (κ3) is 5.30. The maximum atomic E-state index is 11.9. The van der Waals surface area contributed by atoms with Crippen molar-refractivity contribution in [3.63, 3.8) is 0 Å². The summed E-state index contributed by atoms with van der Waals surface area (Å²) in [6, 6.07) is 0. The first-order valence-corrected chi connectivity index (χ1v) is 8.86. The van der Waals surface area contributed by atoms with E-state index in [2.05, 4.69) is 40.7 Å². The van der Waals surface area contributed by atoms with Crippen LogP contribution in [-0.2, 0) is 9.53 Å². The van der Waals surface area contributed by atoms with Crippen LogP contribution < -0.4 is 0 Å². The first-order chi connectivity index (χ1) is 10.3. The first-order valence-electron chi connectivity index (χ1n) is 8.86. The van der Waals surface area contributed by atoms with E-state index in [1.807, 2.05) is 13.8 Å². The second-order valence-electron chi connectivity index (χ2n) is 7.38. The average Bonchev–Trinajstić information content (AvgIpc) is 2.66. The highest BCUT2D eigenvalue weighted by Crippen LogP contribution is 2.29. The number of hydrogen-bond acceptors (Lipinski definition) is 2. The third-order valence-electron chi connectivity index (χ3n) is 4.63. The molecule has 0 saturated carbocycles. The second kappa shape index (κ2) is 8.55. The Morgan fingerprint density at radius 1 is 1.23 bits per heavy atom. The lowest BCUT2D eigenvalue weighted by molar-refractivity contribution is -0.120. The van der Waals surface area contributed by atoms with Gasteiger partial charge >= 0.3 is 0 Å². The summed E-state index contributed by atoms with van der Waals surface area (Å²) in [6.45, 7) is 15.0. The van der Waals surface area contributed by atoms with Gasteiger partial charge in [-0.3, -0.25) is 4.79 Å². The Kier molecular flexibility index (Phi) is 7.38. The molecule has 0 aromatic heterocycles. The normalized spacial score (nSPS) is 23.5. The van der Waals surface area contributed by atoms with Crippen LogP contribution >= 0.6 is 0 Å². The predicted molar refractivity (Wildman–Crippen MR) is 93.6 cm³/mol. The molecule has 0 amide bonds. The average molecular weight is 306 g/mol. The van der Waals surface area contributed by atoms with Crippen LogP contribution in [0.1, 0.15) is 74.1 Å². The molecule has 1 aliphatic heterocycles. The van der Waals surface area contributed by atoms with Crippen molar-refractivity contribution in [1.29, 1.82) is 0 Å². The minimum Gasteiger partial charge on any atom is -0.482 e. The van der Waals surface area contributed by atoms with Crippen molar-refractivity contribution in [1.82, 2.24) is 0 Å². The highest BCUT2D eigenvalue weighted by atomic mass is 16.5. The summed E-state index contributed by atoms with van der Waals surface area (Å²) in [6.07, 6.45) is 7.06. The number of hydrogen-bond donors (Lipinski definition) is 0. The summed E-state index contributed by atoms with van der Waals surface area (Å²) in [7, 11) is 0. The van der Waals surface area contributed by atoms with E-state index in [9.17, 15) is 4.79 Å². The fraction of sp³-hybridized carbons (Fsp3) is 0.750. The summed E-state index contributed by atoms with van der Waals surface area (Å²) in [5.74, 6) is 2.99. The number of ketones is 1. The molecule has 0 fully saturated rings. The maximum absolute atomic E-state index is 11.9. The Labute approximate surface area is 137 Å². The molecule has 0 N–H and O–H groups in total. The highest BCUT2D eigenvalue weighted by Gasteiger charge is 2.29. The molecule has 0 unspecified atom stereocenters. The Morgan fingerprint density at radius 2 is 1.86 bits per heavy atom. The van der Waals surface area contributed by atoms with E-state index in [1.54, 1.807) is 0 Å². The second-order valence-corrected chi connectivity index (χ2v) is 7.38. The van der Waals surface area contributed by atoms with Gasteiger partial charge in [0.1, 0.15) is 5.76 Å². The van der Waals surface area contributed by atoms with Gasteiger partial charge in [-0.25, -0.2) is 0 Å². The minimum absolute atomic E-state index is 0.122. The minimum atomic E-state index is -0.317. The quantitative estimate of drug-likeness (QED) is 0.576. The zero-order valence-corrected chi connectivity index (χ0v) is 15.5. The van der Waals surface area contributed by atoms with Gasteiger partial charge in [0.25, 0.3) is 0 Å². The number of allylic oxidation sites excluding steroid dienone is 2. The van der Waals surface area contributed by atoms with Gasteiger partial charge in [0.15, 0.2) is 6.10 Å². The van der Waals surface area contributed by atoms with E-state index in [4.69, 9.17) is 4.74 Å². The first kappa shape index (κ1) is 19.0. The van der Waals surface area contributed by atoms with Gasteiger partial charge in [0.2, 0.25) is 5.78 Å². The predicted octanol–water partition coefficient (Wildman–Crippen LogP) is 5.68. The fourth-order valence-corrected chi connectivity index (χ4v) is 3.72. The Hall–Kier alpha value is -1.05. The molecule has 1 heterocycles. The Bertz CT molecular complexity index is 445. The van der Waals surface area contributed by atoms with Gasteiger partial charge in [0, 0.05) is 5.57 Å². The maximum Gasteiger partial charge on any atom is 0.202 e. The summed E-state index contributed by atoms with van der Waals surface area (Å²) in [5, 5.41) is 0.